The van der Waals surface area contributed by atoms with Gasteiger partial charge in [0.15, 0.2) is 0 Å². The molecule has 0 aliphatic heterocycles. The van der Waals surface area contributed by atoms with E-state index in [9.17, 15) is 4.79 Å². The van der Waals surface area contributed by atoms with Crippen LogP contribution in [0.3, 0.4) is 0 Å². The van der Waals surface area contributed by atoms with Crippen molar-refractivity contribution >= 4 is 5.78 Å². The maximum atomic E-state index is 11.5. The Morgan fingerprint density at radius 1 is 1.32 bits per heavy atom. The third-order valence-electron chi connectivity index (χ3n) is 3.97. The van der Waals surface area contributed by atoms with Crippen molar-refractivity contribution in [2.45, 2.75) is 46.0 Å². The van der Waals surface area contributed by atoms with E-state index in [1.165, 1.54) is 11.1 Å². The molecule has 1 aliphatic carbocycles. The molecule has 0 heterocycles. The van der Waals surface area contributed by atoms with Crippen molar-refractivity contribution < 1.29 is 4.79 Å². The average molecular weight is 296 g/mol. The van der Waals surface area contributed by atoms with Gasteiger partial charge in [0, 0.05) is 6.42 Å². The number of hydrogen-bond donors (Lipinski definition) is 0. The Morgan fingerprint density at radius 2 is 2.09 bits per heavy atom. The molecule has 1 unspecified atom stereocenters. The minimum atomic E-state index is 0.261. The number of rotatable bonds is 9. The first-order valence-corrected chi connectivity index (χ1v) is 8.04. The van der Waals surface area contributed by atoms with Crippen LogP contribution in [0, 0.1) is 5.92 Å². The molecule has 118 valence electrons. The summed E-state index contributed by atoms with van der Waals surface area (Å²) < 4.78 is 0. The Bertz CT molecular complexity index is 526. The van der Waals surface area contributed by atoms with E-state index in [4.69, 9.17) is 0 Å². The van der Waals surface area contributed by atoms with Crippen LogP contribution in [0.25, 0.3) is 0 Å². The van der Waals surface area contributed by atoms with Crippen LogP contribution in [0.15, 0.2) is 72.4 Å². The predicted octanol–water partition coefficient (Wildman–Crippen LogP) is 5.88. The minimum absolute atomic E-state index is 0.261. The molecule has 0 spiro atoms. The van der Waals surface area contributed by atoms with Crippen molar-refractivity contribution in [3.05, 3.63) is 72.4 Å². The fourth-order valence-electron chi connectivity index (χ4n) is 2.61. The van der Waals surface area contributed by atoms with E-state index in [1.807, 2.05) is 12.2 Å². The standard InChI is InChI=1S/C21H28O/c1-5-6-8-11-17(2)18(3)14-15-21(16-19(4)22)20-12-9-7-10-13-20/h5-6,8-9,11-13,21H,1,3,7,10,14-16H2,2,4H3. The van der Waals surface area contributed by atoms with Gasteiger partial charge >= 0.3 is 0 Å². The van der Waals surface area contributed by atoms with E-state index in [1.54, 1.807) is 13.0 Å². The van der Waals surface area contributed by atoms with Crippen LogP contribution in [0.2, 0.25) is 0 Å². The van der Waals surface area contributed by atoms with E-state index in [0.717, 1.165) is 31.3 Å². The number of ketones is 1. The first-order valence-electron chi connectivity index (χ1n) is 8.04. The van der Waals surface area contributed by atoms with Crippen LogP contribution < -0.4 is 0 Å². The van der Waals surface area contributed by atoms with Crippen LogP contribution >= 0.6 is 0 Å². The van der Waals surface area contributed by atoms with Crippen molar-refractivity contribution in [3.8, 4) is 0 Å². The van der Waals surface area contributed by atoms with Crippen molar-refractivity contribution in [1.29, 1.82) is 0 Å². The second kappa shape index (κ2) is 9.94. The molecular formula is C21H28O. The molecule has 0 radical (unpaired) electrons. The van der Waals surface area contributed by atoms with Gasteiger partial charge in [-0.3, -0.25) is 0 Å². The smallest absolute Gasteiger partial charge is 0.130 e. The molecule has 0 N–H and O–H groups in total. The number of Topliss-reactive ketones (excluding diaryl/α,β-unsaturated/α-hetero) is 1. The molecule has 1 atom stereocenters. The SMILES string of the molecule is C=CC=CC=C(C)C(=C)CCC(CC(C)=O)C1=CCCC=C1. The lowest BCUT2D eigenvalue weighted by molar-refractivity contribution is -0.117. The Hall–Kier alpha value is -1.89. The van der Waals surface area contributed by atoms with Crippen LogP contribution in [0.1, 0.15) is 46.0 Å². The number of carbonyl (C=O) groups is 1. The quantitative estimate of drug-likeness (QED) is 0.485. The molecule has 0 saturated heterocycles. The number of allylic oxidation sites excluding steroid dienone is 10. The highest BCUT2D eigenvalue weighted by atomic mass is 16.1. The van der Waals surface area contributed by atoms with Gasteiger partial charge in [-0.15, -0.1) is 0 Å². The molecule has 0 fully saturated rings. The molecule has 0 bridgehead atoms. The molecule has 0 aromatic heterocycles. The Balaban J connectivity index is 2.64. The molecule has 0 amide bonds. The summed E-state index contributed by atoms with van der Waals surface area (Å²) in [5, 5.41) is 0. The summed E-state index contributed by atoms with van der Waals surface area (Å²) in [6, 6.07) is 0. The molecule has 22 heavy (non-hydrogen) atoms. The van der Waals surface area contributed by atoms with E-state index < -0.39 is 0 Å². The maximum Gasteiger partial charge on any atom is 0.130 e. The van der Waals surface area contributed by atoms with Gasteiger partial charge < -0.3 is 4.79 Å². The van der Waals surface area contributed by atoms with Crippen molar-refractivity contribution in [1.82, 2.24) is 0 Å². The topological polar surface area (TPSA) is 17.1 Å². The van der Waals surface area contributed by atoms with Gasteiger partial charge in [0.2, 0.25) is 0 Å². The Kier molecular flexibility index (Phi) is 8.21. The zero-order chi connectivity index (χ0) is 16.4. The van der Waals surface area contributed by atoms with Crippen LogP contribution in [-0.2, 0) is 4.79 Å². The predicted molar refractivity (Wildman–Crippen MR) is 96.7 cm³/mol. The minimum Gasteiger partial charge on any atom is -0.300 e. The molecule has 1 heteroatoms. The fourth-order valence-corrected chi connectivity index (χ4v) is 2.61. The number of carbonyl (C=O) groups excluding carboxylic acids is 1. The molecule has 1 aliphatic rings. The molecule has 1 rings (SSSR count). The van der Waals surface area contributed by atoms with Crippen molar-refractivity contribution in [3.63, 3.8) is 0 Å². The molecule has 0 aromatic carbocycles. The summed E-state index contributed by atoms with van der Waals surface area (Å²) in [7, 11) is 0. The largest absolute Gasteiger partial charge is 0.300 e. The maximum absolute atomic E-state index is 11.5. The second-order valence-corrected chi connectivity index (χ2v) is 5.90. The lowest BCUT2D eigenvalue weighted by atomic mass is 9.85. The van der Waals surface area contributed by atoms with Gasteiger partial charge in [0.25, 0.3) is 0 Å². The Morgan fingerprint density at radius 3 is 2.68 bits per heavy atom. The van der Waals surface area contributed by atoms with Gasteiger partial charge in [-0.25, -0.2) is 0 Å². The lowest BCUT2D eigenvalue weighted by Crippen LogP contribution is -2.10. The Labute approximate surface area is 135 Å². The highest BCUT2D eigenvalue weighted by molar-refractivity contribution is 5.76. The number of hydrogen-bond acceptors (Lipinski definition) is 1. The molecule has 1 nitrogen and oxygen atoms in total. The van der Waals surface area contributed by atoms with Crippen molar-refractivity contribution in [2.75, 3.05) is 0 Å². The van der Waals surface area contributed by atoms with Crippen LogP contribution in [-0.4, -0.2) is 5.78 Å². The molecule has 0 aromatic rings. The van der Waals surface area contributed by atoms with Gasteiger partial charge in [-0.05, 0) is 56.6 Å². The summed E-state index contributed by atoms with van der Waals surface area (Å²) >= 11 is 0. The third-order valence-corrected chi connectivity index (χ3v) is 3.97. The summed E-state index contributed by atoms with van der Waals surface area (Å²) in [5.74, 6) is 0.582. The lowest BCUT2D eigenvalue weighted by Gasteiger charge is -2.20. The first kappa shape index (κ1) is 18.2. The fraction of sp³-hybridized carbons (Fsp3) is 0.381. The van der Waals surface area contributed by atoms with Gasteiger partial charge in [-0.1, -0.05) is 61.3 Å². The summed E-state index contributed by atoms with van der Waals surface area (Å²) in [4.78, 5) is 11.5. The third kappa shape index (κ3) is 6.71. The highest BCUT2D eigenvalue weighted by Gasteiger charge is 2.16. The van der Waals surface area contributed by atoms with Crippen LogP contribution in [0.4, 0.5) is 0 Å². The zero-order valence-electron chi connectivity index (χ0n) is 14.0. The van der Waals surface area contributed by atoms with E-state index in [-0.39, 0.29) is 5.78 Å². The normalized spacial score (nSPS) is 16.5. The van der Waals surface area contributed by atoms with Crippen LogP contribution in [0.5, 0.6) is 0 Å². The van der Waals surface area contributed by atoms with E-state index >= 15 is 0 Å². The average Bonchev–Trinajstić information content (AvgIpc) is 2.51. The molecular weight excluding hydrogens is 268 g/mol. The van der Waals surface area contributed by atoms with Gasteiger partial charge in [0.1, 0.15) is 5.78 Å². The van der Waals surface area contributed by atoms with E-state index in [0.29, 0.717) is 12.3 Å². The molecule has 0 saturated carbocycles. The monoisotopic (exact) mass is 296 g/mol. The highest BCUT2D eigenvalue weighted by Crippen LogP contribution is 2.28. The summed E-state index contributed by atoms with van der Waals surface area (Å²) in [5.41, 5.74) is 3.65. The summed E-state index contributed by atoms with van der Waals surface area (Å²) in [6.07, 6.45) is 19.1. The van der Waals surface area contributed by atoms with Crippen molar-refractivity contribution in [2.24, 2.45) is 5.92 Å². The first-order chi connectivity index (χ1) is 10.5. The van der Waals surface area contributed by atoms with E-state index in [2.05, 4.69) is 44.4 Å². The van der Waals surface area contributed by atoms with Gasteiger partial charge in [0.05, 0.1) is 0 Å². The van der Waals surface area contributed by atoms with Gasteiger partial charge in [-0.2, -0.15) is 0 Å². The second-order valence-electron chi connectivity index (χ2n) is 5.90. The summed E-state index contributed by atoms with van der Waals surface area (Å²) in [6.45, 7) is 11.6. The zero-order valence-corrected chi connectivity index (χ0v) is 14.0.